The number of anilines is 1. The van der Waals surface area contributed by atoms with Crippen LogP contribution in [0.15, 0.2) is 12.7 Å². The van der Waals surface area contributed by atoms with Crippen LogP contribution >= 0.6 is 0 Å². The molecule has 20 heavy (non-hydrogen) atoms. The van der Waals surface area contributed by atoms with Gasteiger partial charge in [-0.3, -0.25) is 14.9 Å². The van der Waals surface area contributed by atoms with Gasteiger partial charge in [0, 0.05) is 19.5 Å². The predicted molar refractivity (Wildman–Crippen MR) is 74.0 cm³/mol. The molecule has 0 radical (unpaired) electrons. The summed E-state index contributed by atoms with van der Waals surface area (Å²) in [5.41, 5.74) is 0.192. The van der Waals surface area contributed by atoms with E-state index in [9.17, 15) is 14.9 Å². The minimum absolute atomic E-state index is 0.134. The van der Waals surface area contributed by atoms with E-state index in [0.29, 0.717) is 5.69 Å². The van der Waals surface area contributed by atoms with Crippen molar-refractivity contribution < 1.29 is 14.8 Å². The monoisotopic (exact) mass is 282 g/mol. The molecule has 0 spiro atoms. The van der Waals surface area contributed by atoms with Gasteiger partial charge in [0.05, 0.1) is 4.92 Å². The number of carboxylic acids is 1. The molecule has 0 unspecified atom stereocenters. The van der Waals surface area contributed by atoms with E-state index in [1.807, 2.05) is 0 Å². The summed E-state index contributed by atoms with van der Waals surface area (Å²) < 4.78 is 1.35. The zero-order valence-electron chi connectivity index (χ0n) is 11.7. The summed E-state index contributed by atoms with van der Waals surface area (Å²) in [5, 5.41) is 24.4. The normalized spacial score (nSPS) is 10.6. The fourth-order valence-electron chi connectivity index (χ4n) is 1.99. The van der Waals surface area contributed by atoms with Gasteiger partial charge < -0.3 is 10.0 Å². The lowest BCUT2D eigenvalue weighted by molar-refractivity contribution is -0.385. The second-order valence-corrected chi connectivity index (χ2v) is 4.66. The van der Waals surface area contributed by atoms with Gasteiger partial charge >= 0.3 is 11.7 Å². The first-order chi connectivity index (χ1) is 9.29. The van der Waals surface area contributed by atoms with Gasteiger partial charge in [-0.2, -0.15) is 5.10 Å². The van der Waals surface area contributed by atoms with E-state index in [2.05, 4.69) is 11.7 Å². The molecule has 0 amide bonds. The lowest BCUT2D eigenvalue weighted by atomic mass is 10.1. The molecule has 0 atom stereocenters. The summed E-state index contributed by atoms with van der Waals surface area (Å²) in [6.07, 6.45) is 1.49. The first kappa shape index (κ1) is 15.7. The van der Waals surface area contributed by atoms with Crippen molar-refractivity contribution in [2.24, 2.45) is 7.05 Å². The third-order valence-electron chi connectivity index (χ3n) is 2.72. The van der Waals surface area contributed by atoms with E-state index < -0.39 is 10.9 Å². The van der Waals surface area contributed by atoms with Gasteiger partial charge in [0.25, 0.3) is 0 Å². The number of carboxylic acid groups (broad SMARTS) is 1. The Morgan fingerprint density at radius 1 is 1.65 bits per heavy atom. The van der Waals surface area contributed by atoms with Gasteiger partial charge in [-0.1, -0.05) is 19.9 Å². The molecule has 1 aromatic rings. The third-order valence-corrected chi connectivity index (χ3v) is 2.72. The number of hydrogen-bond acceptors (Lipinski definition) is 5. The third kappa shape index (κ3) is 3.14. The number of rotatable bonds is 7. The summed E-state index contributed by atoms with van der Waals surface area (Å²) in [5.74, 6) is -1.03. The van der Waals surface area contributed by atoms with Gasteiger partial charge in [-0.15, -0.1) is 6.58 Å². The zero-order valence-corrected chi connectivity index (χ0v) is 11.7. The van der Waals surface area contributed by atoms with E-state index in [1.54, 1.807) is 20.9 Å². The van der Waals surface area contributed by atoms with Gasteiger partial charge in [0.15, 0.2) is 0 Å². The molecule has 0 bridgehead atoms. The highest BCUT2D eigenvalue weighted by Gasteiger charge is 2.32. The summed E-state index contributed by atoms with van der Waals surface area (Å²) >= 11 is 0. The second-order valence-electron chi connectivity index (χ2n) is 4.66. The number of aromatic nitrogens is 2. The molecule has 1 rings (SSSR count). The number of aryl methyl sites for hydroxylation is 1. The highest BCUT2D eigenvalue weighted by Crippen LogP contribution is 2.35. The first-order valence-corrected chi connectivity index (χ1v) is 6.08. The lowest BCUT2D eigenvalue weighted by Crippen LogP contribution is -2.31. The highest BCUT2D eigenvalue weighted by molar-refractivity contribution is 5.75. The lowest BCUT2D eigenvalue weighted by Gasteiger charge is -2.19. The average molecular weight is 282 g/mol. The predicted octanol–water partition coefficient (Wildman–Crippen LogP) is 1.53. The largest absolute Gasteiger partial charge is 0.480 e. The molecule has 8 nitrogen and oxygen atoms in total. The van der Waals surface area contributed by atoms with Crippen LogP contribution in [-0.4, -0.2) is 38.9 Å². The molecule has 1 heterocycles. The number of nitrogens with zero attached hydrogens (tertiary/aromatic N) is 4. The number of nitro groups is 1. The van der Waals surface area contributed by atoms with Crippen LogP contribution in [-0.2, 0) is 11.8 Å². The fraction of sp³-hybridized carbons (Fsp3) is 0.500. The quantitative estimate of drug-likeness (QED) is 0.462. The Morgan fingerprint density at radius 3 is 2.65 bits per heavy atom. The molecular formula is C12H18N4O4. The smallest absolute Gasteiger partial charge is 0.334 e. The van der Waals surface area contributed by atoms with Crippen LogP contribution in [0.3, 0.4) is 0 Å². The molecule has 110 valence electrons. The van der Waals surface area contributed by atoms with E-state index in [1.165, 1.54) is 15.7 Å². The highest BCUT2D eigenvalue weighted by atomic mass is 16.6. The summed E-state index contributed by atoms with van der Waals surface area (Å²) in [6, 6.07) is 0. The second kappa shape index (κ2) is 6.18. The Hall–Kier alpha value is -2.38. The Labute approximate surface area is 116 Å². The van der Waals surface area contributed by atoms with Crippen LogP contribution in [0.25, 0.3) is 0 Å². The Bertz CT molecular complexity index is 536. The van der Waals surface area contributed by atoms with Crippen LogP contribution in [0.1, 0.15) is 25.5 Å². The van der Waals surface area contributed by atoms with Crippen molar-refractivity contribution in [1.29, 1.82) is 0 Å². The summed E-state index contributed by atoms with van der Waals surface area (Å²) in [4.78, 5) is 23.1. The SMILES string of the molecule is C=CCN(CC(=O)O)c1c([N+](=O)[O-])c(C(C)C)nn1C. The number of aliphatic carboxylic acids is 1. The van der Waals surface area contributed by atoms with Crippen LogP contribution < -0.4 is 4.90 Å². The molecule has 8 heteroatoms. The van der Waals surface area contributed by atoms with Gasteiger partial charge in [0.1, 0.15) is 12.2 Å². The van der Waals surface area contributed by atoms with Crippen molar-refractivity contribution >= 4 is 17.5 Å². The molecule has 0 saturated carbocycles. The van der Waals surface area contributed by atoms with Crippen molar-refractivity contribution in [3.05, 3.63) is 28.5 Å². The van der Waals surface area contributed by atoms with Crippen LogP contribution in [0.4, 0.5) is 11.5 Å². The van der Waals surface area contributed by atoms with Crippen molar-refractivity contribution in [3.8, 4) is 0 Å². The summed E-state index contributed by atoms with van der Waals surface area (Å²) in [6.45, 7) is 6.97. The van der Waals surface area contributed by atoms with E-state index in [4.69, 9.17) is 5.11 Å². The fourth-order valence-corrected chi connectivity index (χ4v) is 1.99. The molecule has 0 saturated heterocycles. The van der Waals surface area contributed by atoms with Crippen LogP contribution in [0.5, 0.6) is 0 Å². The van der Waals surface area contributed by atoms with Crippen LogP contribution in [0.2, 0.25) is 0 Å². The zero-order chi connectivity index (χ0) is 15.4. The van der Waals surface area contributed by atoms with Crippen LogP contribution in [0, 0.1) is 10.1 Å². The van der Waals surface area contributed by atoms with Gasteiger partial charge in [-0.05, 0) is 0 Å². The molecular weight excluding hydrogens is 264 g/mol. The minimum Gasteiger partial charge on any atom is -0.480 e. The van der Waals surface area contributed by atoms with Crippen molar-refractivity contribution in [1.82, 2.24) is 9.78 Å². The number of hydrogen-bond donors (Lipinski definition) is 1. The molecule has 1 N–H and O–H groups in total. The van der Waals surface area contributed by atoms with Crippen molar-refractivity contribution in [3.63, 3.8) is 0 Å². The Balaban J connectivity index is 3.43. The average Bonchev–Trinajstić information content (AvgIpc) is 2.66. The standard InChI is InChI=1S/C12H18N4O4/c1-5-6-15(7-9(17)18)12-11(16(19)20)10(8(2)3)13-14(12)4/h5,8H,1,6-7H2,2-4H3,(H,17,18). The topological polar surface area (TPSA) is 102 Å². The Morgan fingerprint density at radius 2 is 2.25 bits per heavy atom. The number of carbonyl (C=O) groups is 1. The maximum absolute atomic E-state index is 11.3. The van der Waals surface area contributed by atoms with Gasteiger partial charge in [0.2, 0.25) is 5.82 Å². The van der Waals surface area contributed by atoms with Crippen molar-refractivity contribution in [2.75, 3.05) is 18.0 Å². The molecule has 0 aromatic carbocycles. The molecule has 1 aromatic heterocycles. The maximum Gasteiger partial charge on any atom is 0.334 e. The molecule has 0 aliphatic heterocycles. The summed E-state index contributed by atoms with van der Waals surface area (Å²) in [7, 11) is 1.56. The molecule has 0 fully saturated rings. The van der Waals surface area contributed by atoms with Gasteiger partial charge in [-0.25, -0.2) is 4.68 Å². The first-order valence-electron chi connectivity index (χ1n) is 6.08. The Kier molecular flexibility index (Phi) is 4.84. The molecule has 0 aliphatic rings. The minimum atomic E-state index is -1.08. The van der Waals surface area contributed by atoms with E-state index in [0.717, 1.165) is 0 Å². The van der Waals surface area contributed by atoms with E-state index in [-0.39, 0.29) is 30.5 Å². The van der Waals surface area contributed by atoms with E-state index >= 15 is 0 Å². The molecule has 0 aliphatic carbocycles. The maximum atomic E-state index is 11.3. The van der Waals surface area contributed by atoms with Crippen molar-refractivity contribution in [2.45, 2.75) is 19.8 Å².